The molecule has 2 rings (SSSR count). The zero-order valence-corrected chi connectivity index (χ0v) is 8.19. The highest BCUT2D eigenvalue weighted by Gasteiger charge is 2.54. The molecule has 2 aliphatic heterocycles. The van der Waals surface area contributed by atoms with E-state index < -0.39 is 12.1 Å². The van der Waals surface area contributed by atoms with E-state index in [0.29, 0.717) is 0 Å². The average Bonchev–Trinajstić information content (AvgIpc) is 2.47. The van der Waals surface area contributed by atoms with Gasteiger partial charge in [0.2, 0.25) is 0 Å². The SMILES string of the molecule is CC[C@H]1OC(O)[C@@H]2OC(C)(C)O[C@H]12. The second-order valence-electron chi connectivity index (χ2n) is 4.04. The highest BCUT2D eigenvalue weighted by atomic mass is 16.8. The summed E-state index contributed by atoms with van der Waals surface area (Å²) in [7, 11) is 0. The lowest BCUT2D eigenvalue weighted by Crippen LogP contribution is -2.29. The standard InChI is InChI=1S/C9H16O4/c1-4-5-6-7(8(10)11-5)13-9(2,3)12-6/h5-8,10H,4H2,1-3H3/t5-,6-,7-,8?/m1/s1. The van der Waals surface area contributed by atoms with E-state index >= 15 is 0 Å². The second kappa shape index (κ2) is 2.92. The normalized spacial score (nSPS) is 48.0. The molecule has 2 saturated heterocycles. The predicted octanol–water partition coefficient (Wildman–Crippen LogP) is 0.634. The van der Waals surface area contributed by atoms with Crippen molar-refractivity contribution >= 4 is 0 Å². The van der Waals surface area contributed by atoms with Gasteiger partial charge >= 0.3 is 0 Å². The van der Waals surface area contributed by atoms with Gasteiger partial charge in [0.25, 0.3) is 0 Å². The number of aliphatic hydroxyl groups excluding tert-OH is 1. The zero-order valence-electron chi connectivity index (χ0n) is 8.19. The van der Waals surface area contributed by atoms with Crippen LogP contribution in [-0.4, -0.2) is 35.5 Å². The van der Waals surface area contributed by atoms with Crippen molar-refractivity contribution in [2.24, 2.45) is 0 Å². The number of ether oxygens (including phenoxy) is 3. The molecule has 1 N–H and O–H groups in total. The molecule has 0 bridgehead atoms. The summed E-state index contributed by atoms with van der Waals surface area (Å²) in [5.74, 6) is -0.590. The lowest BCUT2D eigenvalue weighted by atomic mass is 10.1. The third-order valence-electron chi connectivity index (χ3n) is 2.53. The molecule has 0 aromatic rings. The maximum atomic E-state index is 9.51. The summed E-state index contributed by atoms with van der Waals surface area (Å²) in [6, 6.07) is 0. The first kappa shape index (κ1) is 9.40. The van der Waals surface area contributed by atoms with Crippen molar-refractivity contribution in [1.29, 1.82) is 0 Å². The fourth-order valence-electron chi connectivity index (χ4n) is 1.99. The third-order valence-corrected chi connectivity index (χ3v) is 2.53. The minimum atomic E-state index is -0.836. The fraction of sp³-hybridized carbons (Fsp3) is 1.00. The Balaban J connectivity index is 2.12. The van der Waals surface area contributed by atoms with Crippen LogP contribution in [0.5, 0.6) is 0 Å². The van der Waals surface area contributed by atoms with E-state index in [2.05, 4.69) is 0 Å². The van der Waals surface area contributed by atoms with Gasteiger partial charge < -0.3 is 19.3 Å². The number of hydrogen-bond donors (Lipinski definition) is 1. The van der Waals surface area contributed by atoms with Gasteiger partial charge in [-0.1, -0.05) is 6.92 Å². The van der Waals surface area contributed by atoms with Crippen LogP contribution in [0.15, 0.2) is 0 Å². The molecule has 1 unspecified atom stereocenters. The Morgan fingerprint density at radius 2 is 1.85 bits per heavy atom. The van der Waals surface area contributed by atoms with Crippen molar-refractivity contribution in [3.63, 3.8) is 0 Å². The van der Waals surface area contributed by atoms with E-state index in [1.807, 2.05) is 20.8 Å². The number of hydrogen-bond acceptors (Lipinski definition) is 4. The van der Waals surface area contributed by atoms with Gasteiger partial charge in [0.05, 0.1) is 6.10 Å². The maximum absolute atomic E-state index is 9.51. The molecule has 0 saturated carbocycles. The van der Waals surface area contributed by atoms with E-state index in [9.17, 15) is 5.11 Å². The van der Waals surface area contributed by atoms with Gasteiger partial charge in [-0.15, -0.1) is 0 Å². The van der Waals surface area contributed by atoms with E-state index in [4.69, 9.17) is 14.2 Å². The van der Waals surface area contributed by atoms with Crippen molar-refractivity contribution < 1.29 is 19.3 Å². The predicted molar refractivity (Wildman–Crippen MR) is 45.0 cm³/mol. The summed E-state index contributed by atoms with van der Waals surface area (Å²) in [4.78, 5) is 0. The Hall–Kier alpha value is -0.160. The third kappa shape index (κ3) is 1.48. The highest BCUT2D eigenvalue weighted by Crippen LogP contribution is 2.38. The van der Waals surface area contributed by atoms with Crippen LogP contribution in [0.1, 0.15) is 27.2 Å². The molecule has 2 heterocycles. The fourth-order valence-corrected chi connectivity index (χ4v) is 1.99. The molecule has 4 nitrogen and oxygen atoms in total. The van der Waals surface area contributed by atoms with E-state index in [0.717, 1.165) is 6.42 Å². The number of aliphatic hydroxyl groups is 1. The van der Waals surface area contributed by atoms with Gasteiger partial charge in [-0.2, -0.15) is 0 Å². The van der Waals surface area contributed by atoms with Gasteiger partial charge in [0.15, 0.2) is 12.1 Å². The molecular formula is C9H16O4. The number of fused-ring (bicyclic) bond motifs is 1. The Bertz CT molecular complexity index is 204. The quantitative estimate of drug-likeness (QED) is 0.655. The van der Waals surface area contributed by atoms with Crippen LogP contribution in [0.2, 0.25) is 0 Å². The first-order valence-corrected chi connectivity index (χ1v) is 4.72. The van der Waals surface area contributed by atoms with Crippen LogP contribution < -0.4 is 0 Å². The topological polar surface area (TPSA) is 47.9 Å². The molecule has 0 aromatic heterocycles. The van der Waals surface area contributed by atoms with E-state index in [-0.39, 0.29) is 18.3 Å². The van der Waals surface area contributed by atoms with Crippen LogP contribution >= 0.6 is 0 Å². The zero-order chi connectivity index (χ0) is 9.64. The average molecular weight is 188 g/mol. The molecule has 4 atom stereocenters. The van der Waals surface area contributed by atoms with Crippen molar-refractivity contribution in [3.05, 3.63) is 0 Å². The summed E-state index contributed by atoms with van der Waals surface area (Å²) in [5, 5.41) is 9.51. The van der Waals surface area contributed by atoms with Crippen LogP contribution in [0.4, 0.5) is 0 Å². The lowest BCUT2D eigenvalue weighted by Gasteiger charge is -2.21. The minimum absolute atomic E-state index is 0.0400. The molecule has 2 fully saturated rings. The summed E-state index contributed by atoms with van der Waals surface area (Å²) in [6.45, 7) is 5.71. The van der Waals surface area contributed by atoms with Crippen LogP contribution in [0, 0.1) is 0 Å². The summed E-state index contributed by atoms with van der Waals surface area (Å²) in [6.07, 6.45) is -0.481. The number of rotatable bonds is 1. The van der Waals surface area contributed by atoms with Crippen molar-refractivity contribution in [2.75, 3.05) is 0 Å². The van der Waals surface area contributed by atoms with Crippen molar-refractivity contribution in [3.8, 4) is 0 Å². The Kier molecular flexibility index (Phi) is 2.11. The van der Waals surface area contributed by atoms with E-state index in [1.165, 1.54) is 0 Å². The van der Waals surface area contributed by atoms with Gasteiger partial charge in [0.1, 0.15) is 12.2 Å². The summed E-state index contributed by atoms with van der Waals surface area (Å²) in [5.41, 5.74) is 0. The van der Waals surface area contributed by atoms with Gasteiger partial charge in [-0.3, -0.25) is 0 Å². The monoisotopic (exact) mass is 188 g/mol. The van der Waals surface area contributed by atoms with Crippen molar-refractivity contribution in [2.45, 2.75) is 57.6 Å². The molecule has 2 aliphatic rings. The molecule has 76 valence electrons. The Labute approximate surface area is 77.8 Å². The highest BCUT2D eigenvalue weighted by molar-refractivity contribution is 4.93. The molecular weight excluding hydrogens is 172 g/mol. The lowest BCUT2D eigenvalue weighted by molar-refractivity contribution is -0.220. The Morgan fingerprint density at radius 1 is 1.23 bits per heavy atom. The molecule has 0 aliphatic carbocycles. The molecule has 0 radical (unpaired) electrons. The molecule has 13 heavy (non-hydrogen) atoms. The van der Waals surface area contributed by atoms with Gasteiger partial charge in [-0.25, -0.2) is 0 Å². The Morgan fingerprint density at radius 3 is 2.46 bits per heavy atom. The second-order valence-corrected chi connectivity index (χ2v) is 4.04. The molecule has 4 heteroatoms. The maximum Gasteiger partial charge on any atom is 0.184 e. The molecule has 0 amide bonds. The van der Waals surface area contributed by atoms with Crippen LogP contribution in [0.3, 0.4) is 0 Å². The first-order valence-electron chi connectivity index (χ1n) is 4.72. The first-order chi connectivity index (χ1) is 6.03. The van der Waals surface area contributed by atoms with E-state index in [1.54, 1.807) is 0 Å². The molecule has 0 spiro atoms. The van der Waals surface area contributed by atoms with Crippen molar-refractivity contribution in [1.82, 2.24) is 0 Å². The van der Waals surface area contributed by atoms with Crippen LogP contribution in [0.25, 0.3) is 0 Å². The van der Waals surface area contributed by atoms with Gasteiger partial charge in [0, 0.05) is 0 Å². The smallest absolute Gasteiger partial charge is 0.184 e. The summed E-state index contributed by atoms with van der Waals surface area (Å²) < 4.78 is 16.4. The minimum Gasteiger partial charge on any atom is -0.366 e. The summed E-state index contributed by atoms with van der Waals surface area (Å²) >= 11 is 0. The van der Waals surface area contributed by atoms with Gasteiger partial charge in [-0.05, 0) is 20.3 Å². The largest absolute Gasteiger partial charge is 0.366 e. The molecule has 0 aromatic carbocycles. The van der Waals surface area contributed by atoms with Crippen LogP contribution in [-0.2, 0) is 14.2 Å².